The second-order valence-electron chi connectivity index (χ2n) is 5.82. The lowest BCUT2D eigenvalue weighted by Gasteiger charge is -2.26. The molecule has 0 radical (unpaired) electrons. The van der Waals surface area contributed by atoms with Crippen molar-refractivity contribution in [1.82, 2.24) is 5.32 Å². The molecule has 18 heavy (non-hydrogen) atoms. The van der Waals surface area contributed by atoms with Gasteiger partial charge in [-0.2, -0.15) is 0 Å². The van der Waals surface area contributed by atoms with Crippen molar-refractivity contribution in [3.8, 4) is 0 Å². The monoisotopic (exact) mass is 245 g/mol. The number of carbonyl (C=O) groups excluding carboxylic acids is 1. The van der Waals surface area contributed by atoms with Gasteiger partial charge in [-0.1, -0.05) is 44.0 Å². The summed E-state index contributed by atoms with van der Waals surface area (Å²) in [6, 6.07) is 8.34. The Morgan fingerprint density at radius 1 is 1.28 bits per heavy atom. The maximum absolute atomic E-state index is 12.4. The molecule has 1 fully saturated rings. The first-order chi connectivity index (χ1) is 8.53. The number of amides is 1. The van der Waals surface area contributed by atoms with Gasteiger partial charge in [-0.3, -0.25) is 4.79 Å². The van der Waals surface area contributed by atoms with E-state index in [4.69, 9.17) is 0 Å². The quantitative estimate of drug-likeness (QED) is 0.863. The van der Waals surface area contributed by atoms with Crippen molar-refractivity contribution in [3.63, 3.8) is 0 Å². The van der Waals surface area contributed by atoms with Crippen LogP contribution in [-0.2, 0) is 4.79 Å². The summed E-state index contributed by atoms with van der Waals surface area (Å²) in [5.74, 6) is 0.218. The molecule has 98 valence electrons. The molecule has 1 saturated carbocycles. The molecule has 1 aliphatic carbocycles. The summed E-state index contributed by atoms with van der Waals surface area (Å²) in [6.45, 7) is 6.26. The minimum atomic E-state index is -0.142. The number of hydrogen-bond acceptors (Lipinski definition) is 1. The summed E-state index contributed by atoms with van der Waals surface area (Å²) in [5.41, 5.74) is 2.31. The Balaban J connectivity index is 2.06. The van der Waals surface area contributed by atoms with E-state index in [1.165, 1.54) is 24.0 Å². The van der Waals surface area contributed by atoms with Gasteiger partial charge in [-0.25, -0.2) is 0 Å². The van der Waals surface area contributed by atoms with E-state index in [1.807, 2.05) is 12.1 Å². The van der Waals surface area contributed by atoms with Gasteiger partial charge in [-0.05, 0) is 37.8 Å². The van der Waals surface area contributed by atoms with Crippen LogP contribution in [0.3, 0.4) is 0 Å². The van der Waals surface area contributed by atoms with Crippen molar-refractivity contribution in [2.45, 2.75) is 52.5 Å². The molecule has 1 atom stereocenters. The molecule has 1 amide bonds. The van der Waals surface area contributed by atoms with E-state index < -0.39 is 0 Å². The molecule has 1 unspecified atom stereocenters. The van der Waals surface area contributed by atoms with Crippen LogP contribution in [0.25, 0.3) is 0 Å². The predicted octanol–water partition coefficient (Wildman–Crippen LogP) is 3.75. The third-order valence-electron chi connectivity index (χ3n) is 4.26. The molecule has 0 bridgehead atoms. The largest absolute Gasteiger partial charge is 0.349 e. The first-order valence-electron chi connectivity index (χ1n) is 6.89. The number of benzene rings is 1. The highest BCUT2D eigenvalue weighted by Gasteiger charge is 2.36. The fraction of sp³-hybridized carbons (Fsp3) is 0.562. The zero-order valence-electron chi connectivity index (χ0n) is 11.6. The Hall–Kier alpha value is -1.31. The fourth-order valence-corrected chi connectivity index (χ4v) is 2.90. The standard InChI is InChI=1S/C16H23NO/c1-12-8-4-5-9-14(12)13(2)17-15(18)16(3)10-6-7-11-16/h4-5,8-9,13H,6-7,10-11H2,1-3H3,(H,17,18). The molecule has 1 aliphatic rings. The van der Waals surface area contributed by atoms with Gasteiger partial charge in [0.2, 0.25) is 5.91 Å². The molecule has 0 aliphatic heterocycles. The van der Waals surface area contributed by atoms with Gasteiger partial charge in [-0.15, -0.1) is 0 Å². The number of aryl methyl sites for hydroxylation is 1. The molecule has 2 nitrogen and oxygen atoms in total. The maximum atomic E-state index is 12.4. The maximum Gasteiger partial charge on any atom is 0.226 e. The highest BCUT2D eigenvalue weighted by molar-refractivity contribution is 5.82. The minimum Gasteiger partial charge on any atom is -0.349 e. The van der Waals surface area contributed by atoms with Crippen molar-refractivity contribution in [1.29, 1.82) is 0 Å². The van der Waals surface area contributed by atoms with Crippen LogP contribution in [0.2, 0.25) is 0 Å². The average Bonchev–Trinajstić information content (AvgIpc) is 2.78. The Morgan fingerprint density at radius 3 is 2.50 bits per heavy atom. The number of nitrogens with one attached hydrogen (secondary N) is 1. The van der Waals surface area contributed by atoms with Crippen LogP contribution < -0.4 is 5.32 Å². The zero-order valence-corrected chi connectivity index (χ0v) is 11.6. The summed E-state index contributed by atoms with van der Waals surface area (Å²) in [4.78, 5) is 12.4. The molecule has 2 heteroatoms. The van der Waals surface area contributed by atoms with Crippen molar-refractivity contribution >= 4 is 5.91 Å². The highest BCUT2D eigenvalue weighted by Crippen LogP contribution is 2.38. The van der Waals surface area contributed by atoms with Gasteiger partial charge in [0, 0.05) is 5.41 Å². The Bertz CT molecular complexity index is 432. The normalized spacial score (nSPS) is 19.5. The van der Waals surface area contributed by atoms with Gasteiger partial charge in [0.15, 0.2) is 0 Å². The number of hydrogen-bond donors (Lipinski definition) is 1. The predicted molar refractivity (Wildman–Crippen MR) is 74.3 cm³/mol. The third kappa shape index (κ3) is 2.58. The first-order valence-corrected chi connectivity index (χ1v) is 6.89. The summed E-state index contributed by atoms with van der Waals surface area (Å²) in [6.07, 6.45) is 4.42. The van der Waals surface area contributed by atoms with Gasteiger partial charge in [0.25, 0.3) is 0 Å². The lowest BCUT2D eigenvalue weighted by Crippen LogP contribution is -2.38. The van der Waals surface area contributed by atoms with Crippen LogP contribution in [-0.4, -0.2) is 5.91 Å². The van der Waals surface area contributed by atoms with Crippen LogP contribution in [0.1, 0.15) is 56.7 Å². The van der Waals surface area contributed by atoms with E-state index >= 15 is 0 Å². The number of rotatable bonds is 3. The van der Waals surface area contributed by atoms with Crippen molar-refractivity contribution in [3.05, 3.63) is 35.4 Å². The topological polar surface area (TPSA) is 29.1 Å². The van der Waals surface area contributed by atoms with E-state index in [0.29, 0.717) is 0 Å². The van der Waals surface area contributed by atoms with Crippen molar-refractivity contribution in [2.24, 2.45) is 5.41 Å². The Morgan fingerprint density at radius 2 is 1.89 bits per heavy atom. The van der Waals surface area contributed by atoms with Crippen LogP contribution in [0.4, 0.5) is 0 Å². The molecule has 0 saturated heterocycles. The summed E-state index contributed by atoms with van der Waals surface area (Å²) in [5, 5.41) is 3.18. The van der Waals surface area contributed by atoms with Crippen LogP contribution in [0, 0.1) is 12.3 Å². The first kappa shape index (κ1) is 13.1. The van der Waals surface area contributed by atoms with Crippen molar-refractivity contribution < 1.29 is 4.79 Å². The molecule has 2 rings (SSSR count). The average molecular weight is 245 g/mol. The van der Waals surface area contributed by atoms with E-state index in [9.17, 15) is 4.79 Å². The molecular weight excluding hydrogens is 222 g/mol. The molecule has 1 aromatic rings. The van der Waals surface area contributed by atoms with Crippen LogP contribution in [0.15, 0.2) is 24.3 Å². The molecular formula is C16H23NO. The van der Waals surface area contributed by atoms with E-state index in [0.717, 1.165) is 12.8 Å². The SMILES string of the molecule is Cc1ccccc1C(C)NC(=O)C1(C)CCCC1. The fourth-order valence-electron chi connectivity index (χ4n) is 2.90. The van der Waals surface area contributed by atoms with Crippen LogP contribution >= 0.6 is 0 Å². The van der Waals surface area contributed by atoms with Gasteiger partial charge in [0.1, 0.15) is 0 Å². The zero-order chi connectivity index (χ0) is 13.2. The highest BCUT2D eigenvalue weighted by atomic mass is 16.2. The number of carbonyl (C=O) groups is 1. The molecule has 1 N–H and O–H groups in total. The summed E-state index contributed by atoms with van der Waals surface area (Å²) in [7, 11) is 0. The van der Waals surface area contributed by atoms with Crippen molar-refractivity contribution in [2.75, 3.05) is 0 Å². The third-order valence-corrected chi connectivity index (χ3v) is 4.26. The smallest absolute Gasteiger partial charge is 0.226 e. The molecule has 0 heterocycles. The molecule has 1 aromatic carbocycles. The van der Waals surface area contributed by atoms with E-state index in [2.05, 4.69) is 38.2 Å². The lowest BCUT2D eigenvalue weighted by molar-refractivity contribution is -0.130. The van der Waals surface area contributed by atoms with E-state index in [-0.39, 0.29) is 17.4 Å². The molecule has 0 aromatic heterocycles. The summed E-state index contributed by atoms with van der Waals surface area (Å²) < 4.78 is 0. The van der Waals surface area contributed by atoms with E-state index in [1.54, 1.807) is 0 Å². The second kappa shape index (κ2) is 5.13. The van der Waals surface area contributed by atoms with Gasteiger partial charge < -0.3 is 5.32 Å². The second-order valence-corrected chi connectivity index (χ2v) is 5.82. The summed E-state index contributed by atoms with van der Waals surface area (Å²) >= 11 is 0. The Kier molecular flexibility index (Phi) is 3.74. The Labute approximate surface area is 110 Å². The lowest BCUT2D eigenvalue weighted by atomic mass is 9.87. The minimum absolute atomic E-state index is 0.0936. The van der Waals surface area contributed by atoms with Crippen LogP contribution in [0.5, 0.6) is 0 Å². The van der Waals surface area contributed by atoms with Gasteiger partial charge in [0.05, 0.1) is 6.04 Å². The molecule has 0 spiro atoms. The van der Waals surface area contributed by atoms with Gasteiger partial charge >= 0.3 is 0 Å².